The van der Waals surface area contributed by atoms with E-state index < -0.39 is 0 Å². The van der Waals surface area contributed by atoms with Gasteiger partial charge in [-0.25, -0.2) is 5.90 Å². The Morgan fingerprint density at radius 2 is 2.20 bits per heavy atom. The molecule has 0 atom stereocenters. The minimum atomic E-state index is -0.104. The van der Waals surface area contributed by atoms with Crippen LogP contribution in [0.25, 0.3) is 0 Å². The molecule has 1 aromatic rings. The van der Waals surface area contributed by atoms with Crippen molar-refractivity contribution in [2.75, 3.05) is 13.7 Å². The fourth-order valence-corrected chi connectivity index (χ4v) is 1.87. The summed E-state index contributed by atoms with van der Waals surface area (Å²) in [7, 11) is 1.61. The Bertz CT molecular complexity index is 361. The van der Waals surface area contributed by atoms with Gasteiger partial charge in [-0.05, 0) is 31.0 Å². The maximum absolute atomic E-state index is 9.78. The Balaban J connectivity index is 2.34. The van der Waals surface area contributed by atoms with E-state index >= 15 is 0 Å². The smallest absolute Gasteiger partial charge is 0.119 e. The summed E-state index contributed by atoms with van der Waals surface area (Å²) in [6, 6.07) is 5.23. The van der Waals surface area contributed by atoms with Gasteiger partial charge in [-0.15, -0.1) is 0 Å². The lowest BCUT2D eigenvalue weighted by Crippen LogP contribution is -2.18. The van der Waals surface area contributed by atoms with Crippen LogP contribution in [0, 0.1) is 0 Å². The average Bonchev–Trinajstić information content (AvgIpc) is 3.00. The van der Waals surface area contributed by atoms with E-state index in [1.54, 1.807) is 19.2 Å². The molecule has 0 radical (unpaired) electrons. The number of phenols is 1. The van der Waals surface area contributed by atoms with E-state index in [-0.39, 0.29) is 11.2 Å². The number of phenolic OH excluding ortho intramolecular Hbond substituents is 1. The van der Waals surface area contributed by atoms with Gasteiger partial charge < -0.3 is 14.7 Å². The summed E-state index contributed by atoms with van der Waals surface area (Å²) in [5.41, 5.74) is 0.764. The summed E-state index contributed by atoms with van der Waals surface area (Å²) >= 11 is 0. The Kier molecular flexibility index (Phi) is 2.54. The molecule has 4 heteroatoms. The Morgan fingerprint density at radius 1 is 1.47 bits per heavy atom. The van der Waals surface area contributed by atoms with Gasteiger partial charge in [-0.3, -0.25) is 0 Å². The van der Waals surface area contributed by atoms with Gasteiger partial charge in [0.2, 0.25) is 0 Å². The van der Waals surface area contributed by atoms with Crippen LogP contribution >= 0.6 is 0 Å². The van der Waals surface area contributed by atoms with Crippen molar-refractivity contribution in [3.63, 3.8) is 0 Å². The molecule has 15 heavy (non-hydrogen) atoms. The topological polar surface area (TPSA) is 64.7 Å². The van der Waals surface area contributed by atoms with E-state index in [1.165, 1.54) is 0 Å². The number of rotatable bonds is 4. The molecule has 4 nitrogen and oxygen atoms in total. The standard InChI is InChI=1S/C11H15NO3/c1-14-8-2-3-10(13)9(6-8)11(4-5-11)7-15-12/h2-3,6,13H,4-5,7,12H2,1H3. The van der Waals surface area contributed by atoms with Crippen LogP contribution in [0.1, 0.15) is 18.4 Å². The first-order chi connectivity index (χ1) is 7.22. The number of benzene rings is 1. The molecule has 0 bridgehead atoms. The molecule has 1 fully saturated rings. The Labute approximate surface area is 88.6 Å². The van der Waals surface area contributed by atoms with Crippen LogP contribution in [0.2, 0.25) is 0 Å². The van der Waals surface area contributed by atoms with Crippen molar-refractivity contribution < 1.29 is 14.7 Å². The first-order valence-corrected chi connectivity index (χ1v) is 4.91. The summed E-state index contributed by atoms with van der Waals surface area (Å²) in [6.07, 6.45) is 1.98. The van der Waals surface area contributed by atoms with Gasteiger partial charge in [0.15, 0.2) is 0 Å². The predicted octanol–water partition coefficient (Wildman–Crippen LogP) is 1.32. The van der Waals surface area contributed by atoms with Crippen LogP contribution in [-0.2, 0) is 10.3 Å². The molecule has 0 aromatic heterocycles. The van der Waals surface area contributed by atoms with Crippen LogP contribution in [-0.4, -0.2) is 18.8 Å². The zero-order valence-electron chi connectivity index (χ0n) is 8.69. The molecule has 2 rings (SSSR count). The molecule has 1 saturated carbocycles. The van der Waals surface area contributed by atoms with Gasteiger partial charge in [0.25, 0.3) is 0 Å². The highest BCUT2D eigenvalue weighted by Gasteiger charge is 2.46. The van der Waals surface area contributed by atoms with Gasteiger partial charge in [0.05, 0.1) is 13.7 Å². The Morgan fingerprint density at radius 3 is 2.73 bits per heavy atom. The van der Waals surface area contributed by atoms with E-state index in [9.17, 15) is 5.11 Å². The second kappa shape index (κ2) is 3.72. The van der Waals surface area contributed by atoms with Crippen LogP contribution in [0.15, 0.2) is 18.2 Å². The van der Waals surface area contributed by atoms with Crippen LogP contribution in [0.5, 0.6) is 11.5 Å². The van der Waals surface area contributed by atoms with Crippen LogP contribution in [0.3, 0.4) is 0 Å². The summed E-state index contributed by atoms with van der Waals surface area (Å²) in [6.45, 7) is 0.438. The molecule has 1 aliphatic carbocycles. The fourth-order valence-electron chi connectivity index (χ4n) is 1.87. The molecule has 0 unspecified atom stereocenters. The van der Waals surface area contributed by atoms with Crippen molar-refractivity contribution in [3.8, 4) is 11.5 Å². The first-order valence-electron chi connectivity index (χ1n) is 4.91. The van der Waals surface area contributed by atoms with Crippen molar-refractivity contribution in [1.82, 2.24) is 0 Å². The van der Waals surface area contributed by atoms with Crippen molar-refractivity contribution in [2.24, 2.45) is 5.90 Å². The normalized spacial score (nSPS) is 17.5. The lowest BCUT2D eigenvalue weighted by molar-refractivity contribution is 0.115. The third-order valence-corrected chi connectivity index (χ3v) is 2.99. The minimum absolute atomic E-state index is 0.104. The molecular formula is C11H15NO3. The minimum Gasteiger partial charge on any atom is -0.508 e. The molecule has 0 spiro atoms. The summed E-state index contributed by atoms with van der Waals surface area (Å²) < 4.78 is 5.13. The van der Waals surface area contributed by atoms with Crippen molar-refractivity contribution in [3.05, 3.63) is 23.8 Å². The van der Waals surface area contributed by atoms with Gasteiger partial charge in [-0.1, -0.05) is 0 Å². The van der Waals surface area contributed by atoms with Gasteiger partial charge in [0.1, 0.15) is 11.5 Å². The first kappa shape index (κ1) is 10.3. The largest absolute Gasteiger partial charge is 0.508 e. The molecule has 0 saturated heterocycles. The number of nitrogens with two attached hydrogens (primary N) is 1. The maximum Gasteiger partial charge on any atom is 0.119 e. The predicted molar refractivity (Wildman–Crippen MR) is 55.7 cm³/mol. The monoisotopic (exact) mass is 209 g/mol. The summed E-state index contributed by atoms with van der Waals surface area (Å²) in [4.78, 5) is 4.70. The average molecular weight is 209 g/mol. The Hall–Kier alpha value is -1.26. The second-order valence-electron chi connectivity index (χ2n) is 3.97. The van der Waals surface area contributed by atoms with Crippen molar-refractivity contribution >= 4 is 0 Å². The van der Waals surface area contributed by atoms with E-state index in [0.717, 1.165) is 24.2 Å². The lowest BCUT2D eigenvalue weighted by Gasteiger charge is -2.16. The molecule has 1 aliphatic rings. The number of methoxy groups -OCH3 is 1. The zero-order chi connectivity index (χ0) is 10.9. The van der Waals surface area contributed by atoms with Gasteiger partial charge >= 0.3 is 0 Å². The zero-order valence-corrected chi connectivity index (χ0v) is 8.69. The van der Waals surface area contributed by atoms with Gasteiger partial charge in [0, 0.05) is 11.0 Å². The molecule has 3 N–H and O–H groups in total. The number of hydrogen-bond acceptors (Lipinski definition) is 4. The van der Waals surface area contributed by atoms with Gasteiger partial charge in [-0.2, -0.15) is 0 Å². The highest BCUT2D eigenvalue weighted by molar-refractivity contribution is 5.47. The van der Waals surface area contributed by atoms with Crippen LogP contribution < -0.4 is 10.6 Å². The summed E-state index contributed by atoms with van der Waals surface area (Å²) in [5, 5.41) is 9.78. The number of hydrogen-bond donors (Lipinski definition) is 2. The maximum atomic E-state index is 9.78. The van der Waals surface area contributed by atoms with Crippen LogP contribution in [0.4, 0.5) is 0 Å². The fraction of sp³-hybridized carbons (Fsp3) is 0.455. The molecule has 1 aromatic carbocycles. The quantitative estimate of drug-likeness (QED) is 0.734. The highest BCUT2D eigenvalue weighted by atomic mass is 16.6. The third-order valence-electron chi connectivity index (χ3n) is 2.99. The van der Waals surface area contributed by atoms with Crippen molar-refractivity contribution in [1.29, 1.82) is 0 Å². The molecule has 82 valence electrons. The van der Waals surface area contributed by atoms with E-state index in [2.05, 4.69) is 0 Å². The second-order valence-corrected chi connectivity index (χ2v) is 3.97. The summed E-state index contributed by atoms with van der Waals surface area (Å²) in [5.74, 6) is 6.12. The van der Waals surface area contributed by atoms with Crippen molar-refractivity contribution in [2.45, 2.75) is 18.3 Å². The molecular weight excluding hydrogens is 194 g/mol. The van der Waals surface area contributed by atoms with E-state index in [0.29, 0.717) is 6.61 Å². The molecule has 0 aliphatic heterocycles. The number of aromatic hydroxyl groups is 1. The van der Waals surface area contributed by atoms with E-state index in [4.69, 9.17) is 15.5 Å². The molecule has 0 heterocycles. The third kappa shape index (κ3) is 1.78. The van der Waals surface area contributed by atoms with E-state index in [1.807, 2.05) is 6.07 Å². The number of ether oxygens (including phenoxy) is 1. The highest BCUT2D eigenvalue weighted by Crippen LogP contribution is 2.51. The SMILES string of the molecule is COc1ccc(O)c(C2(CON)CC2)c1. The molecule has 0 amide bonds. The lowest BCUT2D eigenvalue weighted by atomic mass is 9.96.